The van der Waals surface area contributed by atoms with Crippen molar-refractivity contribution < 1.29 is 10.2 Å². The van der Waals surface area contributed by atoms with E-state index in [1.807, 2.05) is 12.1 Å². The number of aryl methyl sites for hydroxylation is 1. The molecule has 1 aromatic heterocycles. The molecule has 114 valence electrons. The van der Waals surface area contributed by atoms with Gasteiger partial charge >= 0.3 is 0 Å². The Morgan fingerprint density at radius 2 is 1.76 bits per heavy atom. The highest BCUT2D eigenvalue weighted by Crippen LogP contribution is 2.24. The number of nitrogens with zero attached hydrogens (tertiary/aromatic N) is 1. The van der Waals surface area contributed by atoms with Crippen molar-refractivity contribution in [1.82, 2.24) is 4.57 Å². The summed E-state index contributed by atoms with van der Waals surface area (Å²) in [6.07, 6.45) is 1.77. The smallest absolute Gasteiger partial charge is 0.115 e. The summed E-state index contributed by atoms with van der Waals surface area (Å²) in [6, 6.07) is 7.29. The fraction of sp³-hybridized carbons (Fsp3) is 0.412. The van der Waals surface area contributed by atoms with Crippen molar-refractivity contribution in [2.45, 2.75) is 39.8 Å². The Hall–Kier alpha value is -1.78. The number of phenolic OH excluding ortho intramolecular Hbond substituents is 1. The Morgan fingerprint density at radius 3 is 2.33 bits per heavy atom. The van der Waals surface area contributed by atoms with E-state index in [0.717, 1.165) is 25.1 Å². The zero-order chi connectivity index (χ0) is 15.4. The first-order chi connectivity index (χ1) is 10.1. The lowest BCUT2D eigenvalue weighted by Crippen LogP contribution is -2.14. The molecule has 0 atom stereocenters. The molecule has 0 bridgehead atoms. The van der Waals surface area contributed by atoms with Crippen molar-refractivity contribution in [3.05, 3.63) is 52.3 Å². The van der Waals surface area contributed by atoms with E-state index in [1.54, 1.807) is 12.1 Å². The molecule has 0 fully saturated rings. The number of aromatic hydroxyl groups is 1. The second-order valence-electron chi connectivity index (χ2n) is 5.40. The summed E-state index contributed by atoms with van der Waals surface area (Å²) >= 11 is 0. The van der Waals surface area contributed by atoms with Gasteiger partial charge in [0, 0.05) is 24.5 Å². The van der Waals surface area contributed by atoms with Gasteiger partial charge in [0.1, 0.15) is 5.75 Å². The van der Waals surface area contributed by atoms with Crippen LogP contribution in [0.4, 0.5) is 0 Å². The molecule has 4 heteroatoms. The number of hydrogen-bond acceptors (Lipinski definition) is 3. The van der Waals surface area contributed by atoms with Gasteiger partial charge < -0.3 is 20.5 Å². The summed E-state index contributed by atoms with van der Waals surface area (Å²) in [5, 5.41) is 19.0. The van der Waals surface area contributed by atoms with Gasteiger partial charge in [0.05, 0.1) is 6.61 Å². The van der Waals surface area contributed by atoms with Crippen LogP contribution in [0.2, 0.25) is 0 Å². The van der Waals surface area contributed by atoms with Crippen molar-refractivity contribution >= 4 is 0 Å². The maximum Gasteiger partial charge on any atom is 0.115 e. The normalized spacial score (nSPS) is 11.0. The molecule has 0 aliphatic heterocycles. The number of phenols is 1. The first-order valence-corrected chi connectivity index (χ1v) is 7.34. The molecular weight excluding hydrogens is 264 g/mol. The monoisotopic (exact) mass is 288 g/mol. The molecule has 0 radical (unpaired) electrons. The summed E-state index contributed by atoms with van der Waals surface area (Å²) in [5.74, 6) is 0.288. The van der Waals surface area contributed by atoms with Gasteiger partial charge in [-0.3, -0.25) is 0 Å². The molecule has 0 unspecified atom stereocenters. The molecule has 2 rings (SSSR count). The molecule has 0 saturated carbocycles. The lowest BCUT2D eigenvalue weighted by molar-refractivity contribution is 0.269. The second kappa shape index (κ2) is 6.78. The van der Waals surface area contributed by atoms with E-state index in [-0.39, 0.29) is 12.4 Å². The van der Waals surface area contributed by atoms with Crippen LogP contribution >= 0.6 is 0 Å². The van der Waals surface area contributed by atoms with Gasteiger partial charge in [-0.1, -0.05) is 12.1 Å². The summed E-state index contributed by atoms with van der Waals surface area (Å²) < 4.78 is 2.13. The van der Waals surface area contributed by atoms with Gasteiger partial charge in [0.25, 0.3) is 0 Å². The summed E-state index contributed by atoms with van der Waals surface area (Å²) in [4.78, 5) is 0. The van der Waals surface area contributed by atoms with Crippen LogP contribution in [-0.2, 0) is 26.0 Å². The molecule has 0 spiro atoms. The van der Waals surface area contributed by atoms with Gasteiger partial charge in [0.15, 0.2) is 0 Å². The lowest BCUT2D eigenvalue weighted by atomic mass is 10.0. The van der Waals surface area contributed by atoms with Crippen molar-refractivity contribution in [2.75, 3.05) is 6.54 Å². The quantitative estimate of drug-likeness (QED) is 0.762. The van der Waals surface area contributed by atoms with Crippen molar-refractivity contribution in [2.24, 2.45) is 5.73 Å². The lowest BCUT2D eigenvalue weighted by Gasteiger charge is -2.10. The third-order valence-electron chi connectivity index (χ3n) is 4.18. The maximum atomic E-state index is 9.70. The first-order valence-electron chi connectivity index (χ1n) is 7.34. The fourth-order valence-corrected chi connectivity index (χ4v) is 2.88. The van der Waals surface area contributed by atoms with Crippen LogP contribution in [0.1, 0.15) is 28.1 Å². The summed E-state index contributed by atoms with van der Waals surface area (Å²) in [7, 11) is 0. The predicted octanol–water partition coefficient (Wildman–Crippen LogP) is 2.05. The molecule has 21 heavy (non-hydrogen) atoms. The van der Waals surface area contributed by atoms with E-state index in [9.17, 15) is 10.2 Å². The van der Waals surface area contributed by atoms with Crippen molar-refractivity contribution in [3.63, 3.8) is 0 Å². The Labute approximate surface area is 125 Å². The topological polar surface area (TPSA) is 71.4 Å². The van der Waals surface area contributed by atoms with Crippen LogP contribution in [0.25, 0.3) is 0 Å². The molecule has 1 aromatic carbocycles. The van der Waals surface area contributed by atoms with Gasteiger partial charge in [-0.15, -0.1) is 0 Å². The highest BCUT2D eigenvalue weighted by molar-refractivity contribution is 5.38. The number of aliphatic hydroxyl groups is 1. The number of rotatable bonds is 6. The minimum atomic E-state index is 0.0413. The highest BCUT2D eigenvalue weighted by Gasteiger charge is 2.16. The van der Waals surface area contributed by atoms with Gasteiger partial charge in [-0.2, -0.15) is 0 Å². The highest BCUT2D eigenvalue weighted by atomic mass is 16.3. The Balaban J connectivity index is 2.23. The molecular formula is C17H24N2O2. The Morgan fingerprint density at radius 1 is 1.10 bits per heavy atom. The standard InChI is InChI=1S/C17H24N2O2/c1-12-13(2)19(10-9-18)17(11-20)16(12)8-5-14-3-6-15(21)7-4-14/h3-4,6-7,20-21H,5,8-11,18H2,1-2H3. The van der Waals surface area contributed by atoms with Crippen LogP contribution in [0, 0.1) is 13.8 Å². The zero-order valence-electron chi connectivity index (χ0n) is 12.8. The van der Waals surface area contributed by atoms with Gasteiger partial charge in [-0.05, 0) is 55.5 Å². The molecule has 0 aliphatic rings. The Kier molecular flexibility index (Phi) is 5.04. The van der Waals surface area contributed by atoms with Crippen LogP contribution in [0.3, 0.4) is 0 Å². The molecule has 4 nitrogen and oxygen atoms in total. The molecule has 0 saturated heterocycles. The van der Waals surface area contributed by atoms with E-state index in [4.69, 9.17) is 5.73 Å². The molecule has 2 aromatic rings. The largest absolute Gasteiger partial charge is 0.508 e. The molecule has 1 heterocycles. The fourth-order valence-electron chi connectivity index (χ4n) is 2.88. The number of aliphatic hydroxyl groups excluding tert-OH is 1. The van der Waals surface area contributed by atoms with E-state index in [0.29, 0.717) is 6.54 Å². The minimum Gasteiger partial charge on any atom is -0.508 e. The van der Waals surface area contributed by atoms with Crippen molar-refractivity contribution in [3.8, 4) is 5.75 Å². The minimum absolute atomic E-state index is 0.0413. The van der Waals surface area contributed by atoms with Crippen molar-refractivity contribution in [1.29, 1.82) is 0 Å². The van der Waals surface area contributed by atoms with E-state index >= 15 is 0 Å². The average molecular weight is 288 g/mol. The van der Waals surface area contributed by atoms with Gasteiger partial charge in [-0.25, -0.2) is 0 Å². The first kappa shape index (κ1) is 15.6. The SMILES string of the molecule is Cc1c(CCc2ccc(O)cc2)c(CO)n(CCN)c1C. The summed E-state index contributed by atoms with van der Waals surface area (Å²) in [5.41, 5.74) is 11.5. The molecule has 4 N–H and O–H groups in total. The molecule has 0 aliphatic carbocycles. The van der Waals surface area contributed by atoms with Crippen LogP contribution in [0.15, 0.2) is 24.3 Å². The number of hydrogen-bond donors (Lipinski definition) is 3. The third-order valence-corrected chi connectivity index (χ3v) is 4.18. The van der Waals surface area contributed by atoms with E-state index < -0.39 is 0 Å². The molecule has 0 amide bonds. The third kappa shape index (κ3) is 3.28. The maximum absolute atomic E-state index is 9.70. The van der Waals surface area contributed by atoms with Crippen LogP contribution in [-0.4, -0.2) is 21.3 Å². The zero-order valence-corrected chi connectivity index (χ0v) is 12.8. The van der Waals surface area contributed by atoms with E-state index in [2.05, 4.69) is 18.4 Å². The van der Waals surface area contributed by atoms with Crippen LogP contribution < -0.4 is 5.73 Å². The van der Waals surface area contributed by atoms with E-state index in [1.165, 1.54) is 22.4 Å². The summed E-state index contributed by atoms with van der Waals surface area (Å²) in [6.45, 7) is 5.53. The Bertz CT molecular complexity index is 600. The number of aromatic nitrogens is 1. The predicted molar refractivity (Wildman–Crippen MR) is 84.4 cm³/mol. The van der Waals surface area contributed by atoms with Crippen LogP contribution in [0.5, 0.6) is 5.75 Å². The average Bonchev–Trinajstić information content (AvgIpc) is 2.71. The number of nitrogens with two attached hydrogens (primary N) is 1. The second-order valence-corrected chi connectivity index (χ2v) is 5.40. The van der Waals surface area contributed by atoms with Gasteiger partial charge in [0.2, 0.25) is 0 Å². The number of benzene rings is 1.